The van der Waals surface area contributed by atoms with E-state index in [1.807, 2.05) is 0 Å². The van der Waals surface area contributed by atoms with E-state index in [0.29, 0.717) is 22.5 Å². The summed E-state index contributed by atoms with van der Waals surface area (Å²) >= 11 is 0. The Morgan fingerprint density at radius 1 is 1.04 bits per heavy atom. The lowest BCUT2D eigenvalue weighted by atomic mass is 10.3. The summed E-state index contributed by atoms with van der Waals surface area (Å²) in [7, 11) is 0.841. The van der Waals surface area contributed by atoms with Gasteiger partial charge in [0.25, 0.3) is 0 Å². The van der Waals surface area contributed by atoms with Gasteiger partial charge in [-0.05, 0) is 42.5 Å². The normalized spacial score (nSPS) is 11.5. The van der Waals surface area contributed by atoms with Crippen molar-refractivity contribution >= 4 is 32.5 Å². The molecular formula is C18H19N3O5S. The van der Waals surface area contributed by atoms with Crippen LogP contribution >= 0.6 is 0 Å². The van der Waals surface area contributed by atoms with E-state index in [-0.39, 0.29) is 10.6 Å². The first kappa shape index (κ1) is 18.7. The molecule has 9 heteroatoms. The van der Waals surface area contributed by atoms with E-state index in [1.165, 1.54) is 28.4 Å². The maximum Gasteiger partial charge on any atom is 0.328 e. The fourth-order valence-electron chi connectivity index (χ4n) is 2.81. The lowest BCUT2D eigenvalue weighted by Crippen LogP contribution is -2.23. The molecule has 1 N–H and O–H groups in total. The largest absolute Gasteiger partial charge is 0.497 e. The van der Waals surface area contributed by atoms with Gasteiger partial charge in [0.1, 0.15) is 11.5 Å². The van der Waals surface area contributed by atoms with Crippen molar-refractivity contribution in [3.8, 4) is 5.75 Å². The number of ether oxygens (including phenoxy) is 1. The van der Waals surface area contributed by atoms with Crippen molar-refractivity contribution in [3.63, 3.8) is 0 Å². The number of imidazole rings is 1. The molecule has 1 amide bonds. The number of rotatable bonds is 5. The summed E-state index contributed by atoms with van der Waals surface area (Å²) in [6.07, 6.45) is 0. The highest BCUT2D eigenvalue weighted by molar-refractivity contribution is 7.92. The number of benzene rings is 2. The number of aryl methyl sites for hydroxylation is 2. The van der Waals surface area contributed by atoms with Crippen LogP contribution in [0, 0.1) is 0 Å². The van der Waals surface area contributed by atoms with E-state index in [9.17, 15) is 18.0 Å². The van der Waals surface area contributed by atoms with Crippen molar-refractivity contribution in [3.05, 3.63) is 52.9 Å². The van der Waals surface area contributed by atoms with Gasteiger partial charge in [-0.1, -0.05) is 0 Å². The lowest BCUT2D eigenvalue weighted by Gasteiger charge is -2.08. The lowest BCUT2D eigenvalue weighted by molar-refractivity contribution is -0.113. The molecule has 8 nitrogen and oxygen atoms in total. The molecule has 0 fully saturated rings. The predicted molar refractivity (Wildman–Crippen MR) is 102 cm³/mol. The number of sulfone groups is 1. The molecule has 0 aliphatic heterocycles. The predicted octanol–water partition coefficient (Wildman–Crippen LogP) is 1.30. The molecule has 3 aromatic rings. The molecule has 0 atom stereocenters. The van der Waals surface area contributed by atoms with Gasteiger partial charge in [0, 0.05) is 19.8 Å². The molecule has 0 unspecified atom stereocenters. The molecule has 1 heterocycles. The van der Waals surface area contributed by atoms with Crippen molar-refractivity contribution in [2.45, 2.75) is 4.90 Å². The van der Waals surface area contributed by atoms with E-state index >= 15 is 0 Å². The van der Waals surface area contributed by atoms with Crippen molar-refractivity contribution < 1.29 is 17.9 Å². The van der Waals surface area contributed by atoms with Gasteiger partial charge in [0.15, 0.2) is 9.84 Å². The summed E-state index contributed by atoms with van der Waals surface area (Å²) in [5.74, 6) is -0.727. The Morgan fingerprint density at radius 3 is 2.30 bits per heavy atom. The second-order valence-electron chi connectivity index (χ2n) is 6.09. The molecule has 142 valence electrons. The number of carbonyl (C=O) groups excluding carboxylic acids is 1. The molecule has 2 aromatic carbocycles. The van der Waals surface area contributed by atoms with Crippen LogP contribution in [0.1, 0.15) is 0 Å². The number of aromatic nitrogens is 2. The number of amides is 1. The summed E-state index contributed by atoms with van der Waals surface area (Å²) in [6.45, 7) is 0. The summed E-state index contributed by atoms with van der Waals surface area (Å²) in [5.41, 5.74) is 1.32. The minimum atomic E-state index is -3.87. The van der Waals surface area contributed by atoms with Crippen LogP contribution in [0.15, 0.2) is 52.2 Å². The summed E-state index contributed by atoms with van der Waals surface area (Å²) in [5, 5.41) is 2.55. The highest BCUT2D eigenvalue weighted by Crippen LogP contribution is 2.20. The van der Waals surface area contributed by atoms with Crippen LogP contribution in [-0.4, -0.2) is 36.3 Å². The topological polar surface area (TPSA) is 99.4 Å². The maximum atomic E-state index is 12.6. The standard InChI is InChI=1S/C18H19N3O5S/c1-20-15-9-8-14(10-16(15)21(2)18(20)23)27(24,25)11-17(22)19-12-4-6-13(26-3)7-5-12/h4-10H,11H2,1-3H3,(H,19,22). The van der Waals surface area contributed by atoms with Crippen LogP contribution in [0.4, 0.5) is 5.69 Å². The molecule has 0 spiro atoms. The average Bonchev–Trinajstić information content (AvgIpc) is 2.86. The first-order valence-corrected chi connectivity index (χ1v) is 9.70. The van der Waals surface area contributed by atoms with E-state index in [4.69, 9.17) is 4.74 Å². The second kappa shape index (κ2) is 6.92. The Balaban J connectivity index is 1.83. The Hall–Kier alpha value is -3.07. The minimum absolute atomic E-state index is 0.0129. The molecule has 27 heavy (non-hydrogen) atoms. The fourth-order valence-corrected chi connectivity index (χ4v) is 3.96. The zero-order valence-electron chi connectivity index (χ0n) is 15.1. The summed E-state index contributed by atoms with van der Waals surface area (Å²) < 4.78 is 33.0. The number of anilines is 1. The van der Waals surface area contributed by atoms with Crippen molar-refractivity contribution in [2.75, 3.05) is 18.2 Å². The van der Waals surface area contributed by atoms with Crippen LogP contribution < -0.4 is 15.7 Å². The molecule has 0 radical (unpaired) electrons. The van der Waals surface area contributed by atoms with E-state index in [0.717, 1.165) is 0 Å². The highest BCUT2D eigenvalue weighted by Gasteiger charge is 2.21. The van der Waals surface area contributed by atoms with Gasteiger partial charge in [-0.15, -0.1) is 0 Å². The van der Waals surface area contributed by atoms with Gasteiger partial charge in [0.05, 0.1) is 23.0 Å². The fraction of sp³-hybridized carbons (Fsp3) is 0.222. The zero-order chi connectivity index (χ0) is 19.8. The van der Waals surface area contributed by atoms with Gasteiger partial charge in [-0.3, -0.25) is 13.9 Å². The third kappa shape index (κ3) is 3.59. The van der Waals surface area contributed by atoms with Gasteiger partial charge < -0.3 is 10.1 Å². The molecule has 1 aromatic heterocycles. The summed E-state index contributed by atoms with van der Waals surface area (Å²) in [4.78, 5) is 24.1. The van der Waals surface area contributed by atoms with Crippen LogP contribution in [0.2, 0.25) is 0 Å². The van der Waals surface area contributed by atoms with Crippen molar-refractivity contribution in [2.24, 2.45) is 14.1 Å². The average molecular weight is 389 g/mol. The second-order valence-corrected chi connectivity index (χ2v) is 8.08. The first-order valence-electron chi connectivity index (χ1n) is 8.05. The van der Waals surface area contributed by atoms with Gasteiger partial charge in [-0.2, -0.15) is 0 Å². The number of nitrogens with zero attached hydrogens (tertiary/aromatic N) is 2. The van der Waals surface area contributed by atoms with Crippen LogP contribution in [0.5, 0.6) is 5.75 Å². The SMILES string of the molecule is COc1ccc(NC(=O)CS(=O)(=O)c2ccc3c(c2)n(C)c(=O)n3C)cc1. The van der Waals surface area contributed by atoms with E-state index in [1.54, 1.807) is 44.4 Å². The number of hydrogen-bond acceptors (Lipinski definition) is 5. The molecular weight excluding hydrogens is 370 g/mol. The number of carbonyl (C=O) groups is 1. The van der Waals surface area contributed by atoms with Crippen molar-refractivity contribution in [1.29, 1.82) is 0 Å². The molecule has 0 saturated heterocycles. The first-order chi connectivity index (χ1) is 12.7. The van der Waals surface area contributed by atoms with E-state index in [2.05, 4.69) is 5.32 Å². The molecule has 0 bridgehead atoms. The molecule has 0 saturated carbocycles. The highest BCUT2D eigenvalue weighted by atomic mass is 32.2. The van der Waals surface area contributed by atoms with Crippen LogP contribution in [0.25, 0.3) is 11.0 Å². The quantitative estimate of drug-likeness (QED) is 0.709. The molecule has 0 aliphatic rings. The van der Waals surface area contributed by atoms with Gasteiger partial charge in [-0.25, -0.2) is 13.2 Å². The van der Waals surface area contributed by atoms with Crippen LogP contribution in [-0.2, 0) is 28.7 Å². The third-order valence-corrected chi connectivity index (χ3v) is 5.91. The van der Waals surface area contributed by atoms with Crippen molar-refractivity contribution in [1.82, 2.24) is 9.13 Å². The maximum absolute atomic E-state index is 12.6. The molecule has 0 aliphatic carbocycles. The van der Waals surface area contributed by atoms with Crippen LogP contribution in [0.3, 0.4) is 0 Å². The van der Waals surface area contributed by atoms with Gasteiger partial charge in [0.2, 0.25) is 5.91 Å². The van der Waals surface area contributed by atoms with E-state index < -0.39 is 21.5 Å². The molecule has 3 rings (SSSR count). The smallest absolute Gasteiger partial charge is 0.328 e. The number of hydrogen-bond donors (Lipinski definition) is 1. The summed E-state index contributed by atoms with van der Waals surface area (Å²) in [6, 6.07) is 10.9. The Morgan fingerprint density at radius 2 is 1.67 bits per heavy atom. The number of fused-ring (bicyclic) bond motifs is 1. The Kier molecular flexibility index (Phi) is 4.79. The Labute approximate surface area is 155 Å². The third-order valence-electron chi connectivity index (χ3n) is 4.30. The number of methoxy groups -OCH3 is 1. The monoisotopic (exact) mass is 389 g/mol. The van der Waals surface area contributed by atoms with Gasteiger partial charge >= 0.3 is 5.69 Å². The Bertz CT molecular complexity index is 1170. The number of nitrogens with one attached hydrogen (secondary N) is 1. The zero-order valence-corrected chi connectivity index (χ0v) is 15.9. The minimum Gasteiger partial charge on any atom is -0.497 e.